The van der Waals surface area contributed by atoms with Crippen molar-refractivity contribution in [1.82, 2.24) is 9.78 Å². The van der Waals surface area contributed by atoms with Gasteiger partial charge in [0.2, 0.25) is 0 Å². The SMILES string of the molecule is O=[N+]([O-])c1ccc(OCc2nn(-c3ccccc3)c3c2CCC3)cc1. The van der Waals surface area contributed by atoms with E-state index >= 15 is 0 Å². The van der Waals surface area contributed by atoms with E-state index in [1.165, 1.54) is 23.4 Å². The Labute approximate surface area is 144 Å². The fraction of sp³-hybridized carbons (Fsp3) is 0.211. The summed E-state index contributed by atoms with van der Waals surface area (Å²) >= 11 is 0. The number of nitrogens with zero attached hydrogens (tertiary/aromatic N) is 3. The van der Waals surface area contributed by atoms with Crippen molar-refractivity contribution in [3.05, 3.63) is 81.7 Å². The van der Waals surface area contributed by atoms with E-state index in [1.54, 1.807) is 12.1 Å². The highest BCUT2D eigenvalue weighted by atomic mass is 16.6. The Morgan fingerprint density at radius 3 is 2.56 bits per heavy atom. The molecule has 126 valence electrons. The van der Waals surface area contributed by atoms with Crippen LogP contribution in [0.15, 0.2) is 54.6 Å². The standard InChI is InChI=1S/C19H17N3O3/c23-22(24)15-9-11-16(12-10-15)25-13-18-17-7-4-8-19(17)21(20-18)14-5-2-1-3-6-14/h1-3,5-6,9-12H,4,7-8,13H2. The number of hydrogen-bond acceptors (Lipinski definition) is 4. The Hall–Kier alpha value is -3.15. The predicted molar refractivity (Wildman–Crippen MR) is 93.0 cm³/mol. The molecule has 0 bridgehead atoms. The first-order valence-electron chi connectivity index (χ1n) is 8.25. The molecule has 0 fully saturated rings. The van der Waals surface area contributed by atoms with Crippen molar-refractivity contribution in [2.45, 2.75) is 25.9 Å². The molecular formula is C19H17N3O3. The molecule has 0 amide bonds. The van der Waals surface area contributed by atoms with E-state index in [0.29, 0.717) is 12.4 Å². The van der Waals surface area contributed by atoms with Crippen molar-refractivity contribution in [2.75, 3.05) is 0 Å². The minimum Gasteiger partial charge on any atom is -0.487 e. The minimum absolute atomic E-state index is 0.0570. The second kappa shape index (κ2) is 6.39. The summed E-state index contributed by atoms with van der Waals surface area (Å²) in [5.41, 5.74) is 4.58. The summed E-state index contributed by atoms with van der Waals surface area (Å²) in [6.07, 6.45) is 3.17. The fourth-order valence-corrected chi connectivity index (χ4v) is 3.23. The average molecular weight is 335 g/mol. The molecule has 0 atom stereocenters. The molecule has 1 aliphatic carbocycles. The van der Waals surface area contributed by atoms with Crippen LogP contribution in [0.2, 0.25) is 0 Å². The molecule has 0 aliphatic heterocycles. The lowest BCUT2D eigenvalue weighted by Gasteiger charge is -2.06. The van der Waals surface area contributed by atoms with Gasteiger partial charge in [-0.2, -0.15) is 5.10 Å². The molecule has 3 aromatic rings. The van der Waals surface area contributed by atoms with Gasteiger partial charge in [0, 0.05) is 23.4 Å². The maximum absolute atomic E-state index is 10.7. The monoisotopic (exact) mass is 335 g/mol. The maximum atomic E-state index is 10.7. The zero-order chi connectivity index (χ0) is 17.2. The van der Waals surface area contributed by atoms with Crippen molar-refractivity contribution < 1.29 is 9.66 Å². The van der Waals surface area contributed by atoms with E-state index in [-0.39, 0.29) is 5.69 Å². The molecule has 1 aromatic heterocycles. The number of para-hydroxylation sites is 1. The molecule has 25 heavy (non-hydrogen) atoms. The van der Waals surface area contributed by atoms with E-state index < -0.39 is 4.92 Å². The highest BCUT2D eigenvalue weighted by Crippen LogP contribution is 2.28. The molecule has 0 saturated heterocycles. The lowest BCUT2D eigenvalue weighted by atomic mass is 10.2. The van der Waals surface area contributed by atoms with Crippen LogP contribution in [-0.4, -0.2) is 14.7 Å². The summed E-state index contributed by atoms with van der Waals surface area (Å²) in [6, 6.07) is 16.2. The molecule has 2 aromatic carbocycles. The smallest absolute Gasteiger partial charge is 0.269 e. The zero-order valence-electron chi connectivity index (χ0n) is 13.6. The molecule has 0 saturated carbocycles. The van der Waals surface area contributed by atoms with Crippen LogP contribution in [0.4, 0.5) is 5.69 Å². The van der Waals surface area contributed by atoms with Crippen LogP contribution in [-0.2, 0) is 19.4 Å². The third-order valence-corrected chi connectivity index (χ3v) is 4.44. The Balaban J connectivity index is 1.56. The van der Waals surface area contributed by atoms with Crippen LogP contribution < -0.4 is 4.74 Å². The van der Waals surface area contributed by atoms with Gasteiger partial charge in [-0.3, -0.25) is 10.1 Å². The third-order valence-electron chi connectivity index (χ3n) is 4.44. The molecule has 0 radical (unpaired) electrons. The van der Waals surface area contributed by atoms with E-state index in [9.17, 15) is 10.1 Å². The number of non-ortho nitro benzene ring substituents is 1. The highest BCUT2D eigenvalue weighted by molar-refractivity contribution is 5.40. The predicted octanol–water partition coefficient (Wildman–Crippen LogP) is 3.85. The van der Waals surface area contributed by atoms with Gasteiger partial charge in [0.05, 0.1) is 10.6 Å². The normalized spacial score (nSPS) is 12.8. The molecule has 1 aliphatic rings. The lowest BCUT2D eigenvalue weighted by molar-refractivity contribution is -0.384. The van der Waals surface area contributed by atoms with Crippen molar-refractivity contribution in [3.63, 3.8) is 0 Å². The first-order valence-corrected chi connectivity index (χ1v) is 8.25. The van der Waals surface area contributed by atoms with E-state index in [2.05, 4.69) is 0 Å². The van der Waals surface area contributed by atoms with Crippen LogP contribution in [0.3, 0.4) is 0 Å². The van der Waals surface area contributed by atoms with Crippen LogP contribution in [0, 0.1) is 10.1 Å². The number of hydrogen-bond donors (Lipinski definition) is 0. The summed E-state index contributed by atoms with van der Waals surface area (Å²) in [4.78, 5) is 10.3. The average Bonchev–Trinajstić information content (AvgIpc) is 3.24. The molecule has 6 heteroatoms. The van der Waals surface area contributed by atoms with E-state index in [0.717, 1.165) is 30.6 Å². The quantitative estimate of drug-likeness (QED) is 0.524. The summed E-state index contributed by atoms with van der Waals surface area (Å²) in [5.74, 6) is 0.603. The van der Waals surface area contributed by atoms with Gasteiger partial charge in [-0.05, 0) is 43.5 Å². The molecule has 0 unspecified atom stereocenters. The number of fused-ring (bicyclic) bond motifs is 1. The maximum Gasteiger partial charge on any atom is 0.269 e. The second-order valence-electron chi connectivity index (χ2n) is 6.01. The van der Waals surface area contributed by atoms with Gasteiger partial charge in [-0.1, -0.05) is 18.2 Å². The number of benzene rings is 2. The summed E-state index contributed by atoms with van der Waals surface area (Å²) in [7, 11) is 0. The van der Waals surface area contributed by atoms with Gasteiger partial charge in [-0.25, -0.2) is 4.68 Å². The summed E-state index contributed by atoms with van der Waals surface area (Å²) < 4.78 is 7.81. The summed E-state index contributed by atoms with van der Waals surface area (Å²) in [6.45, 7) is 0.361. The fourth-order valence-electron chi connectivity index (χ4n) is 3.23. The lowest BCUT2D eigenvalue weighted by Crippen LogP contribution is -2.03. The number of rotatable bonds is 5. The van der Waals surface area contributed by atoms with Crippen LogP contribution in [0.1, 0.15) is 23.4 Å². The molecule has 1 heterocycles. The second-order valence-corrected chi connectivity index (χ2v) is 6.01. The van der Waals surface area contributed by atoms with Crippen molar-refractivity contribution in [3.8, 4) is 11.4 Å². The topological polar surface area (TPSA) is 70.2 Å². The Kier molecular flexibility index (Phi) is 3.93. The molecule has 0 N–H and O–H groups in total. The van der Waals surface area contributed by atoms with Gasteiger partial charge in [0.25, 0.3) is 5.69 Å². The Morgan fingerprint density at radius 1 is 1.08 bits per heavy atom. The van der Waals surface area contributed by atoms with E-state index in [1.807, 2.05) is 35.0 Å². The van der Waals surface area contributed by atoms with Crippen LogP contribution >= 0.6 is 0 Å². The number of ether oxygens (including phenoxy) is 1. The summed E-state index contributed by atoms with van der Waals surface area (Å²) in [5, 5.41) is 15.5. The van der Waals surface area contributed by atoms with Crippen molar-refractivity contribution >= 4 is 5.69 Å². The largest absolute Gasteiger partial charge is 0.487 e. The number of nitro benzene ring substituents is 1. The van der Waals surface area contributed by atoms with Crippen molar-refractivity contribution in [1.29, 1.82) is 0 Å². The van der Waals surface area contributed by atoms with Crippen LogP contribution in [0.25, 0.3) is 5.69 Å². The Morgan fingerprint density at radius 2 is 1.84 bits per heavy atom. The molecule has 4 rings (SSSR count). The van der Waals surface area contributed by atoms with Crippen LogP contribution in [0.5, 0.6) is 5.75 Å². The Bertz CT molecular complexity index is 902. The molecule has 0 spiro atoms. The van der Waals surface area contributed by atoms with Crippen molar-refractivity contribution in [2.24, 2.45) is 0 Å². The highest BCUT2D eigenvalue weighted by Gasteiger charge is 2.23. The molecular weight excluding hydrogens is 318 g/mol. The van der Waals surface area contributed by atoms with Gasteiger partial charge in [0.15, 0.2) is 0 Å². The number of aromatic nitrogens is 2. The van der Waals surface area contributed by atoms with Gasteiger partial charge in [-0.15, -0.1) is 0 Å². The van der Waals surface area contributed by atoms with Gasteiger partial charge in [0.1, 0.15) is 18.1 Å². The van der Waals surface area contributed by atoms with Gasteiger partial charge >= 0.3 is 0 Å². The third kappa shape index (κ3) is 2.98. The molecule has 6 nitrogen and oxygen atoms in total. The number of nitro groups is 1. The minimum atomic E-state index is -0.418. The van der Waals surface area contributed by atoms with E-state index in [4.69, 9.17) is 9.84 Å². The first kappa shape index (κ1) is 15.4. The first-order chi connectivity index (χ1) is 12.2. The van der Waals surface area contributed by atoms with Gasteiger partial charge < -0.3 is 4.74 Å². The zero-order valence-corrected chi connectivity index (χ0v) is 13.6.